The van der Waals surface area contributed by atoms with E-state index in [-0.39, 0.29) is 0 Å². The minimum atomic E-state index is 0.895. The summed E-state index contributed by atoms with van der Waals surface area (Å²) in [5.74, 6) is 0. The highest BCUT2D eigenvalue weighted by Gasteiger charge is 2.22. The van der Waals surface area contributed by atoms with Gasteiger partial charge in [-0.3, -0.25) is 0 Å². The van der Waals surface area contributed by atoms with Crippen molar-refractivity contribution >= 4 is 98.9 Å². The van der Waals surface area contributed by atoms with Crippen molar-refractivity contribution in [3.8, 4) is 16.8 Å². The molecule has 13 aromatic rings. The van der Waals surface area contributed by atoms with Gasteiger partial charge in [0.05, 0.1) is 27.6 Å². The minimum Gasteiger partial charge on any atom is -0.456 e. The highest BCUT2D eigenvalue weighted by atomic mass is 16.3. The molecule has 0 fully saturated rings. The van der Waals surface area contributed by atoms with E-state index in [1.165, 1.54) is 59.9 Å². The summed E-state index contributed by atoms with van der Waals surface area (Å²) in [6.45, 7) is 0. The molecule has 0 saturated carbocycles. The van der Waals surface area contributed by atoms with Gasteiger partial charge >= 0.3 is 0 Å². The molecular formula is C54H33N3O. The van der Waals surface area contributed by atoms with Crippen LogP contribution in [0.2, 0.25) is 0 Å². The molecule has 4 nitrogen and oxygen atoms in total. The molecule has 0 unspecified atom stereocenters. The number of furan rings is 1. The quantitative estimate of drug-likeness (QED) is 0.176. The van der Waals surface area contributed by atoms with Crippen LogP contribution in [0.3, 0.4) is 0 Å². The lowest BCUT2D eigenvalue weighted by Crippen LogP contribution is -2.10. The predicted molar refractivity (Wildman–Crippen MR) is 243 cm³/mol. The van der Waals surface area contributed by atoms with Gasteiger partial charge < -0.3 is 18.3 Å². The molecule has 4 heterocycles. The van der Waals surface area contributed by atoms with Crippen LogP contribution in [0.15, 0.2) is 205 Å². The van der Waals surface area contributed by atoms with E-state index in [0.29, 0.717) is 0 Å². The van der Waals surface area contributed by atoms with Crippen LogP contribution >= 0.6 is 0 Å². The van der Waals surface area contributed by atoms with Gasteiger partial charge in [0.25, 0.3) is 0 Å². The fourth-order valence-corrected chi connectivity index (χ4v) is 9.79. The molecule has 0 amide bonds. The number of hydrogen-bond acceptors (Lipinski definition) is 2. The van der Waals surface area contributed by atoms with Gasteiger partial charge in [0.2, 0.25) is 0 Å². The fraction of sp³-hybridized carbons (Fsp3) is 0. The third kappa shape index (κ3) is 4.34. The number of hydrogen-bond donors (Lipinski definition) is 0. The minimum absolute atomic E-state index is 0.895. The summed E-state index contributed by atoms with van der Waals surface area (Å²) in [5, 5.41) is 9.92. The van der Waals surface area contributed by atoms with Crippen molar-refractivity contribution in [1.82, 2.24) is 8.97 Å². The Kier molecular flexibility index (Phi) is 6.41. The molecule has 0 aliphatic heterocycles. The SMILES string of the molecule is c1ccc(N(c2cccc(-c3ccc4c(c3)oc3ccccc34)c2)c2cccc(-n3c4cccc5c6cccc7c8ccccc8n(c8cccc3c8c54)c67)c2)cc1. The van der Waals surface area contributed by atoms with Crippen LogP contribution in [-0.4, -0.2) is 8.97 Å². The van der Waals surface area contributed by atoms with Crippen LogP contribution in [0.5, 0.6) is 0 Å². The van der Waals surface area contributed by atoms with Crippen molar-refractivity contribution in [2.24, 2.45) is 0 Å². The highest BCUT2D eigenvalue weighted by molar-refractivity contribution is 6.31. The van der Waals surface area contributed by atoms with Crippen LogP contribution in [0, 0.1) is 0 Å². The number of fused-ring (bicyclic) bond motifs is 8. The third-order valence-electron chi connectivity index (χ3n) is 12.2. The number of para-hydroxylation sites is 4. The predicted octanol–water partition coefficient (Wildman–Crippen LogP) is 15.0. The topological polar surface area (TPSA) is 25.7 Å². The molecule has 0 aliphatic carbocycles. The summed E-state index contributed by atoms with van der Waals surface area (Å²) in [5.41, 5.74) is 14.5. The first-order chi connectivity index (χ1) is 28.8. The molecule has 4 aromatic heterocycles. The smallest absolute Gasteiger partial charge is 0.136 e. The largest absolute Gasteiger partial charge is 0.456 e. The van der Waals surface area contributed by atoms with Crippen molar-refractivity contribution in [1.29, 1.82) is 0 Å². The highest BCUT2D eigenvalue weighted by Crippen LogP contribution is 2.45. The standard InChI is InChI=1S/C54H33N3O/c1-2-14-36(15-3-1)55(37-16-8-13-34(31-37)35-29-30-42-41-20-5-7-28-50(41)58-51(42)32-35)38-17-9-18-39(33-38)56-47-25-11-21-43-45-23-10-22-44-40-19-4-6-24-46(40)57(54(44)45)49-27-12-26-48(56)53(49)52(43)47/h1-33H. The van der Waals surface area contributed by atoms with Crippen molar-refractivity contribution in [2.75, 3.05) is 4.90 Å². The van der Waals surface area contributed by atoms with E-state index in [2.05, 4.69) is 202 Å². The summed E-state index contributed by atoms with van der Waals surface area (Å²) >= 11 is 0. The van der Waals surface area contributed by atoms with E-state index >= 15 is 0 Å². The van der Waals surface area contributed by atoms with Gasteiger partial charge in [-0.15, -0.1) is 0 Å². The van der Waals surface area contributed by atoms with Gasteiger partial charge in [-0.2, -0.15) is 0 Å². The lowest BCUT2D eigenvalue weighted by atomic mass is 10.0. The van der Waals surface area contributed by atoms with Gasteiger partial charge in [-0.05, 0) is 101 Å². The van der Waals surface area contributed by atoms with E-state index in [1.54, 1.807) is 0 Å². The Morgan fingerprint density at radius 2 is 0.931 bits per heavy atom. The summed E-state index contributed by atoms with van der Waals surface area (Å²) < 4.78 is 11.3. The van der Waals surface area contributed by atoms with Crippen LogP contribution in [0.4, 0.5) is 17.1 Å². The first-order valence-corrected chi connectivity index (χ1v) is 19.8. The monoisotopic (exact) mass is 739 g/mol. The number of benzene rings is 9. The first kappa shape index (κ1) is 31.4. The summed E-state index contributed by atoms with van der Waals surface area (Å²) in [6, 6.07) is 72.5. The van der Waals surface area contributed by atoms with Crippen molar-refractivity contribution in [2.45, 2.75) is 0 Å². The molecule has 58 heavy (non-hydrogen) atoms. The second-order valence-corrected chi connectivity index (χ2v) is 15.3. The van der Waals surface area contributed by atoms with E-state index in [1.807, 2.05) is 12.1 Å². The molecule has 0 radical (unpaired) electrons. The number of rotatable bonds is 5. The Morgan fingerprint density at radius 1 is 0.345 bits per heavy atom. The van der Waals surface area contributed by atoms with Gasteiger partial charge in [0.15, 0.2) is 0 Å². The maximum absolute atomic E-state index is 6.30. The first-order valence-electron chi connectivity index (χ1n) is 19.8. The molecule has 13 rings (SSSR count). The second-order valence-electron chi connectivity index (χ2n) is 15.3. The van der Waals surface area contributed by atoms with Crippen LogP contribution in [0.1, 0.15) is 0 Å². The van der Waals surface area contributed by atoms with Crippen molar-refractivity contribution in [3.63, 3.8) is 0 Å². The Morgan fingerprint density at radius 3 is 1.83 bits per heavy atom. The zero-order valence-electron chi connectivity index (χ0n) is 31.3. The molecule has 270 valence electrons. The van der Waals surface area contributed by atoms with Crippen molar-refractivity contribution in [3.05, 3.63) is 200 Å². The number of anilines is 3. The molecule has 0 bridgehead atoms. The summed E-state index contributed by atoms with van der Waals surface area (Å²) in [4.78, 5) is 2.36. The zero-order chi connectivity index (χ0) is 37.9. The molecule has 0 atom stereocenters. The molecule has 0 saturated heterocycles. The Labute approximate surface area is 333 Å². The maximum atomic E-state index is 6.30. The average Bonchev–Trinajstić information content (AvgIpc) is 3.92. The van der Waals surface area contributed by atoms with Gasteiger partial charge in [0.1, 0.15) is 11.2 Å². The Hall–Kier alpha value is -7.82. The maximum Gasteiger partial charge on any atom is 0.136 e. The van der Waals surface area contributed by atoms with E-state index < -0.39 is 0 Å². The average molecular weight is 740 g/mol. The van der Waals surface area contributed by atoms with Gasteiger partial charge in [-0.1, -0.05) is 115 Å². The Balaban J connectivity index is 1.02. The Bertz CT molecular complexity index is 3750. The van der Waals surface area contributed by atoms with Gasteiger partial charge in [-0.25, -0.2) is 0 Å². The van der Waals surface area contributed by atoms with Gasteiger partial charge in [0, 0.05) is 60.5 Å². The van der Waals surface area contributed by atoms with Crippen molar-refractivity contribution < 1.29 is 4.42 Å². The second kappa shape index (κ2) is 11.8. The lowest BCUT2D eigenvalue weighted by molar-refractivity contribution is 0.669. The normalized spacial score (nSPS) is 12.1. The van der Waals surface area contributed by atoms with Crippen LogP contribution in [0.25, 0.3) is 98.7 Å². The molecular weight excluding hydrogens is 707 g/mol. The van der Waals surface area contributed by atoms with E-state index in [0.717, 1.165) is 55.8 Å². The lowest BCUT2D eigenvalue weighted by Gasteiger charge is -2.26. The van der Waals surface area contributed by atoms with E-state index in [9.17, 15) is 0 Å². The fourth-order valence-electron chi connectivity index (χ4n) is 9.79. The van der Waals surface area contributed by atoms with E-state index in [4.69, 9.17) is 4.42 Å². The molecule has 4 heteroatoms. The number of aromatic nitrogens is 2. The van der Waals surface area contributed by atoms with Crippen LogP contribution in [-0.2, 0) is 0 Å². The molecule has 0 N–H and O–H groups in total. The summed E-state index contributed by atoms with van der Waals surface area (Å²) in [7, 11) is 0. The number of nitrogens with zero attached hydrogens (tertiary/aromatic N) is 3. The summed E-state index contributed by atoms with van der Waals surface area (Å²) in [6.07, 6.45) is 0. The molecule has 0 aliphatic rings. The van der Waals surface area contributed by atoms with Crippen LogP contribution < -0.4 is 4.90 Å². The molecule has 0 spiro atoms. The molecule has 9 aromatic carbocycles. The zero-order valence-corrected chi connectivity index (χ0v) is 31.3. The third-order valence-corrected chi connectivity index (χ3v) is 12.2.